The van der Waals surface area contributed by atoms with Crippen LogP contribution in [0.5, 0.6) is 0 Å². The van der Waals surface area contributed by atoms with E-state index in [0.29, 0.717) is 10.1 Å². The third-order valence-corrected chi connectivity index (χ3v) is 23.7. The van der Waals surface area contributed by atoms with Crippen molar-refractivity contribution in [2.24, 2.45) is 0 Å². The monoisotopic (exact) mass is 344 g/mol. The van der Waals surface area contributed by atoms with Crippen molar-refractivity contribution in [1.82, 2.24) is 0 Å². The quantitative estimate of drug-likeness (QED) is 0.504. The summed E-state index contributed by atoms with van der Waals surface area (Å²) in [7, 11) is -3.29. The van der Waals surface area contributed by atoms with Gasteiger partial charge in [-0.1, -0.05) is 104 Å². The minimum absolute atomic E-state index is 0.285. The van der Waals surface area contributed by atoms with Crippen LogP contribution in [0.15, 0.2) is 30.3 Å². The first-order valence-electron chi connectivity index (χ1n) is 8.99. The second-order valence-corrected chi connectivity index (χ2v) is 22.1. The van der Waals surface area contributed by atoms with E-state index in [-0.39, 0.29) is 4.66 Å². The molecule has 128 valence electrons. The number of allylic oxidation sites excluding steroid dienone is 1. The third-order valence-electron chi connectivity index (χ3n) is 7.62. The zero-order chi connectivity index (χ0) is 17.9. The van der Waals surface area contributed by atoms with Gasteiger partial charge in [0, 0.05) is 4.66 Å². The number of hydrogen-bond acceptors (Lipinski definition) is 0. The lowest BCUT2D eigenvalue weighted by Gasteiger charge is -2.61. The number of benzene rings is 1. The lowest BCUT2D eigenvalue weighted by molar-refractivity contribution is 0.652. The van der Waals surface area contributed by atoms with Gasteiger partial charge >= 0.3 is 0 Å². The van der Waals surface area contributed by atoms with Crippen LogP contribution >= 0.6 is 0 Å². The van der Waals surface area contributed by atoms with Crippen LogP contribution in [-0.4, -0.2) is 16.1 Å². The van der Waals surface area contributed by atoms with Gasteiger partial charge in [-0.05, 0) is 21.2 Å². The summed E-state index contributed by atoms with van der Waals surface area (Å²) in [6, 6.07) is 9.18. The van der Waals surface area contributed by atoms with E-state index >= 15 is 0 Å². The highest BCUT2D eigenvalue weighted by atomic mass is 28.4. The van der Waals surface area contributed by atoms with Gasteiger partial charge in [0.1, 0.15) is 0 Å². The predicted molar refractivity (Wildman–Crippen MR) is 112 cm³/mol. The summed E-state index contributed by atoms with van der Waals surface area (Å²) >= 11 is 0. The Labute approximate surface area is 146 Å². The maximum absolute atomic E-state index is 2.65. The molecule has 0 aromatic heterocycles. The molecule has 0 fully saturated rings. The standard InChI is InChI=1S/C21H36Si2/c1-19(2,3)22(7,8)21(23(9,10)20(4,5)6)16-15-17-13-11-12-14-18(17)21/h11-16H,1-10H3. The normalized spacial score (nSPS) is 18.2. The zero-order valence-corrected chi connectivity index (χ0v) is 19.0. The minimum Gasteiger partial charge on any atom is -0.0787 e. The Morgan fingerprint density at radius 3 is 1.61 bits per heavy atom. The first kappa shape index (κ1) is 18.7. The molecule has 1 aliphatic rings. The van der Waals surface area contributed by atoms with Gasteiger partial charge in [-0.3, -0.25) is 0 Å². The van der Waals surface area contributed by atoms with Crippen LogP contribution in [0.25, 0.3) is 6.08 Å². The van der Waals surface area contributed by atoms with Crippen molar-refractivity contribution in [3.63, 3.8) is 0 Å². The second kappa shape index (κ2) is 5.19. The number of fused-ring (bicyclic) bond motifs is 1. The summed E-state index contributed by atoms with van der Waals surface area (Å²) < 4.78 is 0.285. The van der Waals surface area contributed by atoms with Gasteiger partial charge in [0.05, 0.1) is 16.1 Å². The van der Waals surface area contributed by atoms with Crippen LogP contribution in [0.1, 0.15) is 52.7 Å². The lowest BCUT2D eigenvalue weighted by atomic mass is 10.1. The van der Waals surface area contributed by atoms with E-state index in [4.69, 9.17) is 0 Å². The molecular formula is C21H36Si2. The van der Waals surface area contributed by atoms with Gasteiger partial charge in [-0.25, -0.2) is 0 Å². The van der Waals surface area contributed by atoms with Gasteiger partial charge in [0.25, 0.3) is 0 Å². The van der Waals surface area contributed by atoms with Crippen LogP contribution in [0, 0.1) is 0 Å². The van der Waals surface area contributed by atoms with E-state index in [1.54, 1.807) is 5.56 Å². The Hall–Kier alpha value is -0.606. The summed E-state index contributed by atoms with van der Waals surface area (Å²) in [4.78, 5) is 0. The molecule has 0 amide bonds. The highest BCUT2D eigenvalue weighted by Crippen LogP contribution is 2.61. The molecule has 0 aliphatic heterocycles. The fourth-order valence-electron chi connectivity index (χ4n) is 4.36. The van der Waals surface area contributed by atoms with E-state index < -0.39 is 16.1 Å². The third kappa shape index (κ3) is 2.36. The smallest absolute Gasteiger partial charge is 0.0654 e. The molecule has 1 aromatic carbocycles. The minimum atomic E-state index is -1.64. The largest absolute Gasteiger partial charge is 0.0787 e. The average molecular weight is 345 g/mol. The van der Waals surface area contributed by atoms with Crippen LogP contribution in [-0.2, 0) is 4.66 Å². The van der Waals surface area contributed by atoms with Crippen LogP contribution in [0.2, 0.25) is 36.3 Å². The Morgan fingerprint density at radius 2 is 1.17 bits per heavy atom. The van der Waals surface area contributed by atoms with E-state index in [2.05, 4.69) is 104 Å². The van der Waals surface area contributed by atoms with Crippen molar-refractivity contribution < 1.29 is 0 Å². The maximum atomic E-state index is 2.65. The highest BCUT2D eigenvalue weighted by molar-refractivity contribution is 7.02. The molecule has 0 spiro atoms. The molecule has 0 nitrogen and oxygen atoms in total. The molecule has 23 heavy (non-hydrogen) atoms. The highest BCUT2D eigenvalue weighted by Gasteiger charge is 2.64. The number of rotatable bonds is 2. The second-order valence-electron chi connectivity index (χ2n) is 10.5. The predicted octanol–water partition coefficient (Wildman–Crippen LogP) is 7.05. The van der Waals surface area contributed by atoms with E-state index in [0.717, 1.165) is 0 Å². The van der Waals surface area contributed by atoms with Gasteiger partial charge in [0.15, 0.2) is 0 Å². The molecule has 0 radical (unpaired) electrons. The Balaban J connectivity index is 2.88. The fourth-order valence-corrected chi connectivity index (χ4v) is 18.0. The van der Waals surface area contributed by atoms with E-state index in [1.807, 2.05) is 0 Å². The lowest BCUT2D eigenvalue weighted by Crippen LogP contribution is -2.70. The molecule has 2 rings (SSSR count). The Kier molecular flexibility index (Phi) is 4.23. The molecule has 0 saturated heterocycles. The molecule has 0 unspecified atom stereocenters. The van der Waals surface area contributed by atoms with Gasteiger partial charge in [0.2, 0.25) is 0 Å². The molecule has 0 N–H and O–H groups in total. The number of hydrogen-bond donors (Lipinski definition) is 0. The molecule has 0 atom stereocenters. The molecule has 2 heteroatoms. The topological polar surface area (TPSA) is 0 Å². The average Bonchev–Trinajstić information content (AvgIpc) is 2.77. The summed E-state index contributed by atoms with van der Waals surface area (Å²) in [6.45, 7) is 25.4. The van der Waals surface area contributed by atoms with Crippen molar-refractivity contribution in [1.29, 1.82) is 0 Å². The van der Waals surface area contributed by atoms with Crippen LogP contribution in [0.3, 0.4) is 0 Å². The van der Waals surface area contributed by atoms with Crippen molar-refractivity contribution in [3.05, 3.63) is 41.5 Å². The molecule has 0 heterocycles. The summed E-state index contributed by atoms with van der Waals surface area (Å²) in [5.74, 6) is 0. The molecular weight excluding hydrogens is 308 g/mol. The van der Waals surface area contributed by atoms with E-state index in [1.165, 1.54) is 5.56 Å². The zero-order valence-electron chi connectivity index (χ0n) is 17.0. The van der Waals surface area contributed by atoms with E-state index in [9.17, 15) is 0 Å². The van der Waals surface area contributed by atoms with Crippen LogP contribution < -0.4 is 0 Å². The van der Waals surface area contributed by atoms with Crippen molar-refractivity contribution in [2.45, 2.75) is 82.5 Å². The molecule has 1 aromatic rings. The van der Waals surface area contributed by atoms with Gasteiger partial charge < -0.3 is 0 Å². The summed E-state index contributed by atoms with van der Waals surface area (Å²) in [5.41, 5.74) is 3.08. The summed E-state index contributed by atoms with van der Waals surface area (Å²) in [6.07, 6.45) is 5.07. The molecule has 0 saturated carbocycles. The summed E-state index contributed by atoms with van der Waals surface area (Å²) in [5, 5.41) is 0.731. The fraction of sp³-hybridized carbons (Fsp3) is 0.619. The van der Waals surface area contributed by atoms with Crippen molar-refractivity contribution >= 4 is 22.2 Å². The maximum Gasteiger partial charge on any atom is 0.0654 e. The molecule has 0 bridgehead atoms. The molecule has 1 aliphatic carbocycles. The van der Waals surface area contributed by atoms with Crippen molar-refractivity contribution in [3.8, 4) is 0 Å². The first-order valence-corrected chi connectivity index (χ1v) is 15.0. The van der Waals surface area contributed by atoms with Gasteiger partial charge in [-0.15, -0.1) is 0 Å². The Morgan fingerprint density at radius 1 is 0.739 bits per heavy atom. The Bertz CT molecular complexity index is 596. The van der Waals surface area contributed by atoms with Crippen LogP contribution in [0.4, 0.5) is 0 Å². The SMILES string of the molecule is CC(C)(C)[Si](C)(C)C1([Si](C)(C)C(C)(C)C)C=Cc2ccccc21. The first-order chi connectivity index (χ1) is 10.2. The van der Waals surface area contributed by atoms with Gasteiger partial charge in [-0.2, -0.15) is 0 Å². The van der Waals surface area contributed by atoms with Crippen molar-refractivity contribution in [2.75, 3.05) is 0 Å².